The zero-order valence-electron chi connectivity index (χ0n) is 21.1. The quantitative estimate of drug-likeness (QED) is 0.321. The van der Waals surface area contributed by atoms with Crippen LogP contribution >= 0.6 is 0 Å². The summed E-state index contributed by atoms with van der Waals surface area (Å²) in [5.74, 6) is -0.572. The van der Waals surface area contributed by atoms with Crippen LogP contribution in [0.2, 0.25) is 0 Å². The second kappa shape index (κ2) is 10.7. The van der Waals surface area contributed by atoms with Crippen LogP contribution in [-0.2, 0) is 22.5 Å². The zero-order chi connectivity index (χ0) is 25.8. The van der Waals surface area contributed by atoms with Crippen molar-refractivity contribution in [2.45, 2.75) is 52.2 Å². The minimum absolute atomic E-state index is 0.0206. The smallest absolute Gasteiger partial charge is 0.306 e. The molecule has 0 saturated carbocycles. The van der Waals surface area contributed by atoms with Gasteiger partial charge >= 0.3 is 5.97 Å². The summed E-state index contributed by atoms with van der Waals surface area (Å²) < 4.78 is 12.3. The molecular formula is C29H32N2O5. The number of nitrogens with zero attached hydrogens (tertiary/aromatic N) is 1. The van der Waals surface area contributed by atoms with Gasteiger partial charge in [0, 0.05) is 35.3 Å². The number of aromatic nitrogens is 2. The highest BCUT2D eigenvalue weighted by Gasteiger charge is 2.26. The van der Waals surface area contributed by atoms with Crippen LogP contribution < -0.4 is 10.3 Å². The van der Waals surface area contributed by atoms with Crippen LogP contribution in [-0.4, -0.2) is 33.8 Å². The summed E-state index contributed by atoms with van der Waals surface area (Å²) in [6.45, 7) is 6.12. The lowest BCUT2D eigenvalue weighted by molar-refractivity contribution is -0.140. The zero-order valence-corrected chi connectivity index (χ0v) is 21.1. The Bertz CT molecular complexity index is 1420. The van der Waals surface area contributed by atoms with E-state index in [-0.39, 0.29) is 29.4 Å². The van der Waals surface area contributed by atoms with Crippen molar-refractivity contribution in [3.63, 3.8) is 0 Å². The van der Waals surface area contributed by atoms with Gasteiger partial charge < -0.3 is 24.1 Å². The second-order valence-electron chi connectivity index (χ2n) is 9.22. The molecule has 0 amide bonds. The Morgan fingerprint density at radius 1 is 1.11 bits per heavy atom. The normalized spacial score (nSPS) is 12.1. The summed E-state index contributed by atoms with van der Waals surface area (Å²) in [6.07, 6.45) is 2.55. The molecule has 36 heavy (non-hydrogen) atoms. The van der Waals surface area contributed by atoms with Crippen LogP contribution in [0, 0.1) is 6.92 Å². The van der Waals surface area contributed by atoms with Crippen molar-refractivity contribution in [1.29, 1.82) is 0 Å². The SMILES string of the molecule is COC(=O)C[C@H](c1ccc(OC(C)C)cc1)c1c(O)cc(C)n(CCc2c[nH]c3ccccc23)c1=O. The van der Waals surface area contributed by atoms with Gasteiger partial charge in [0.1, 0.15) is 11.5 Å². The molecule has 0 fully saturated rings. The maximum absolute atomic E-state index is 13.7. The molecule has 0 radical (unpaired) electrons. The van der Waals surface area contributed by atoms with E-state index >= 15 is 0 Å². The molecule has 2 heterocycles. The number of aromatic amines is 1. The van der Waals surface area contributed by atoms with Gasteiger partial charge in [-0.05, 0) is 62.6 Å². The number of pyridine rings is 1. The highest BCUT2D eigenvalue weighted by molar-refractivity contribution is 5.83. The predicted octanol–water partition coefficient (Wildman–Crippen LogP) is 5.07. The third kappa shape index (κ3) is 5.30. The fourth-order valence-corrected chi connectivity index (χ4v) is 4.63. The van der Waals surface area contributed by atoms with E-state index < -0.39 is 11.9 Å². The Morgan fingerprint density at radius 3 is 2.53 bits per heavy atom. The number of methoxy groups -OCH3 is 1. The van der Waals surface area contributed by atoms with Crippen molar-refractivity contribution < 1.29 is 19.4 Å². The molecule has 7 heteroatoms. The first-order valence-corrected chi connectivity index (χ1v) is 12.1. The topological polar surface area (TPSA) is 93.6 Å². The summed E-state index contributed by atoms with van der Waals surface area (Å²) in [4.78, 5) is 29.3. The van der Waals surface area contributed by atoms with Crippen molar-refractivity contribution >= 4 is 16.9 Å². The molecule has 0 spiro atoms. The fraction of sp³-hybridized carbons (Fsp3) is 0.310. The largest absolute Gasteiger partial charge is 0.507 e. The molecule has 0 bridgehead atoms. The molecule has 4 rings (SSSR count). The maximum atomic E-state index is 13.7. The van der Waals surface area contributed by atoms with E-state index in [0.717, 1.165) is 22.0 Å². The van der Waals surface area contributed by atoms with E-state index in [1.165, 1.54) is 7.11 Å². The number of H-pyrrole nitrogens is 1. The number of rotatable bonds is 9. The first-order chi connectivity index (χ1) is 17.3. The Labute approximate surface area is 210 Å². The van der Waals surface area contributed by atoms with Gasteiger partial charge in [-0.25, -0.2) is 0 Å². The Balaban J connectivity index is 1.71. The van der Waals surface area contributed by atoms with Crippen LogP contribution in [0.3, 0.4) is 0 Å². The van der Waals surface area contributed by atoms with E-state index in [2.05, 4.69) is 11.1 Å². The molecular weight excluding hydrogens is 456 g/mol. The number of para-hydroxylation sites is 1. The van der Waals surface area contributed by atoms with E-state index in [9.17, 15) is 14.7 Å². The third-order valence-corrected chi connectivity index (χ3v) is 6.40. The molecule has 1 atom stereocenters. The maximum Gasteiger partial charge on any atom is 0.306 e. The van der Waals surface area contributed by atoms with E-state index in [0.29, 0.717) is 24.4 Å². The highest BCUT2D eigenvalue weighted by Crippen LogP contribution is 2.33. The third-order valence-electron chi connectivity index (χ3n) is 6.40. The summed E-state index contributed by atoms with van der Waals surface area (Å²) in [6, 6.07) is 16.9. The molecule has 0 unspecified atom stereocenters. The number of aromatic hydroxyl groups is 1. The number of hydrogen-bond acceptors (Lipinski definition) is 5. The Morgan fingerprint density at radius 2 is 1.83 bits per heavy atom. The van der Waals surface area contributed by atoms with Gasteiger partial charge in [-0.3, -0.25) is 9.59 Å². The van der Waals surface area contributed by atoms with Crippen molar-refractivity contribution in [3.05, 3.63) is 93.5 Å². The number of carbonyl (C=O) groups excluding carboxylic acids is 1. The molecule has 4 aromatic rings. The standard InChI is InChI=1S/C29H32N2O5/c1-18(2)36-22-11-9-20(10-12-22)24(16-27(33)35-4)28-26(32)15-19(3)31(29(28)34)14-13-21-17-30-25-8-6-5-7-23(21)25/h5-12,15,17-18,24,30,32H,13-14,16H2,1-4H3/t24-/m1/s1. The van der Waals surface area contributed by atoms with Crippen molar-refractivity contribution in [1.82, 2.24) is 9.55 Å². The number of esters is 1. The van der Waals surface area contributed by atoms with Gasteiger partial charge in [0.15, 0.2) is 0 Å². The monoisotopic (exact) mass is 488 g/mol. The number of nitrogens with one attached hydrogen (secondary N) is 1. The average Bonchev–Trinajstić information content (AvgIpc) is 3.26. The number of hydrogen-bond donors (Lipinski definition) is 2. The summed E-state index contributed by atoms with van der Waals surface area (Å²) in [5, 5.41) is 12.0. The van der Waals surface area contributed by atoms with Crippen LogP contribution in [0.15, 0.2) is 65.6 Å². The number of aryl methyl sites for hydroxylation is 2. The minimum atomic E-state index is -0.669. The number of carbonyl (C=O) groups is 1. The van der Waals surface area contributed by atoms with Gasteiger partial charge in [0.25, 0.3) is 5.56 Å². The minimum Gasteiger partial charge on any atom is -0.507 e. The highest BCUT2D eigenvalue weighted by atomic mass is 16.5. The Hall–Kier alpha value is -4.00. The number of benzene rings is 2. The molecule has 2 aromatic carbocycles. The van der Waals surface area contributed by atoms with Gasteiger partial charge in [-0.15, -0.1) is 0 Å². The summed E-state index contributed by atoms with van der Waals surface area (Å²) in [7, 11) is 1.31. The average molecular weight is 489 g/mol. The first kappa shape index (κ1) is 25.1. The summed E-state index contributed by atoms with van der Waals surface area (Å²) >= 11 is 0. The lowest BCUT2D eigenvalue weighted by Crippen LogP contribution is -2.29. The van der Waals surface area contributed by atoms with Gasteiger partial charge in [-0.2, -0.15) is 0 Å². The predicted molar refractivity (Wildman–Crippen MR) is 140 cm³/mol. The molecule has 0 saturated heterocycles. The lowest BCUT2D eigenvalue weighted by Gasteiger charge is -2.21. The van der Waals surface area contributed by atoms with Gasteiger partial charge in [-0.1, -0.05) is 30.3 Å². The molecule has 2 aromatic heterocycles. The molecule has 7 nitrogen and oxygen atoms in total. The van der Waals surface area contributed by atoms with Crippen molar-refractivity contribution in [2.75, 3.05) is 7.11 Å². The molecule has 0 aliphatic rings. The fourth-order valence-electron chi connectivity index (χ4n) is 4.63. The first-order valence-electron chi connectivity index (χ1n) is 12.1. The van der Waals surface area contributed by atoms with Crippen LogP contribution in [0.4, 0.5) is 0 Å². The van der Waals surface area contributed by atoms with Gasteiger partial charge in [0.2, 0.25) is 0 Å². The van der Waals surface area contributed by atoms with Crippen LogP contribution in [0.5, 0.6) is 11.5 Å². The molecule has 188 valence electrons. The summed E-state index contributed by atoms with van der Waals surface area (Å²) in [5.41, 5.74) is 3.39. The molecule has 0 aliphatic heterocycles. The molecule has 2 N–H and O–H groups in total. The number of fused-ring (bicyclic) bond motifs is 1. The van der Waals surface area contributed by atoms with Crippen LogP contribution in [0.1, 0.15) is 48.6 Å². The Kier molecular flexibility index (Phi) is 7.48. The molecule has 0 aliphatic carbocycles. The van der Waals surface area contributed by atoms with Gasteiger partial charge in [0.05, 0.1) is 25.2 Å². The van der Waals surface area contributed by atoms with E-state index in [1.807, 2.05) is 50.4 Å². The number of ether oxygens (including phenoxy) is 2. The van der Waals surface area contributed by atoms with E-state index in [1.54, 1.807) is 29.7 Å². The van der Waals surface area contributed by atoms with Crippen LogP contribution in [0.25, 0.3) is 10.9 Å². The lowest BCUT2D eigenvalue weighted by atomic mass is 9.88. The van der Waals surface area contributed by atoms with Crippen molar-refractivity contribution in [3.8, 4) is 11.5 Å². The van der Waals surface area contributed by atoms with E-state index in [4.69, 9.17) is 9.47 Å². The van der Waals surface area contributed by atoms with Crippen molar-refractivity contribution in [2.24, 2.45) is 0 Å². The second-order valence-corrected chi connectivity index (χ2v) is 9.22.